The zero-order chi connectivity index (χ0) is 22.8. The van der Waals surface area contributed by atoms with Crippen molar-refractivity contribution in [2.45, 2.75) is 52.1 Å². The van der Waals surface area contributed by atoms with Crippen molar-refractivity contribution in [3.8, 4) is 11.1 Å². The molecule has 2 aromatic rings. The molecule has 2 fully saturated rings. The number of carbonyl (C=O) groups is 2. The van der Waals surface area contributed by atoms with E-state index in [9.17, 15) is 9.59 Å². The fraction of sp³-hybridized carbons (Fsp3) is 0.462. The van der Waals surface area contributed by atoms with Crippen molar-refractivity contribution in [3.05, 3.63) is 59.7 Å². The molecule has 2 aromatic carbocycles. The van der Waals surface area contributed by atoms with Crippen molar-refractivity contribution in [1.29, 1.82) is 0 Å². The number of hydrogen-bond acceptors (Lipinski definition) is 4. The standard InChI is InChI=1S/C26H32N2O4/c1-17-13-27(14-18(2)31-17)25(29)23-11-7-5-9-21(23)22-10-6-8-12-24(22)26(30)28-15-19(3)32-20(4)16-28/h5-12,17-20H,13-16H2,1-4H3. The minimum Gasteiger partial charge on any atom is -0.372 e. The van der Waals surface area contributed by atoms with Crippen LogP contribution in [-0.2, 0) is 9.47 Å². The highest BCUT2D eigenvalue weighted by Gasteiger charge is 2.30. The molecule has 4 rings (SSSR count). The second-order valence-corrected chi connectivity index (χ2v) is 9.03. The molecule has 2 aliphatic rings. The van der Waals surface area contributed by atoms with Gasteiger partial charge in [0.1, 0.15) is 0 Å². The highest BCUT2D eigenvalue weighted by Crippen LogP contribution is 2.30. The van der Waals surface area contributed by atoms with E-state index >= 15 is 0 Å². The molecule has 2 amide bonds. The van der Waals surface area contributed by atoms with Crippen LogP contribution in [0.25, 0.3) is 11.1 Å². The predicted octanol–water partition coefficient (Wildman–Crippen LogP) is 3.85. The summed E-state index contributed by atoms with van der Waals surface area (Å²) in [5, 5.41) is 0. The number of amides is 2. The van der Waals surface area contributed by atoms with Crippen molar-refractivity contribution >= 4 is 11.8 Å². The Morgan fingerprint density at radius 1 is 0.625 bits per heavy atom. The number of carbonyl (C=O) groups excluding carboxylic acids is 2. The van der Waals surface area contributed by atoms with Crippen LogP contribution in [0.2, 0.25) is 0 Å². The number of rotatable bonds is 3. The summed E-state index contributed by atoms with van der Waals surface area (Å²) < 4.78 is 11.6. The van der Waals surface area contributed by atoms with Crippen molar-refractivity contribution in [3.63, 3.8) is 0 Å². The summed E-state index contributed by atoms with van der Waals surface area (Å²) in [6.45, 7) is 10.2. The number of morpholine rings is 2. The van der Waals surface area contributed by atoms with E-state index in [0.29, 0.717) is 37.3 Å². The first-order valence-corrected chi connectivity index (χ1v) is 11.4. The summed E-state index contributed by atoms with van der Waals surface area (Å²) in [5.74, 6) is -0.0584. The van der Waals surface area contributed by atoms with Gasteiger partial charge >= 0.3 is 0 Å². The van der Waals surface area contributed by atoms with Crippen LogP contribution in [0.4, 0.5) is 0 Å². The van der Waals surface area contributed by atoms with Gasteiger partial charge in [0.25, 0.3) is 11.8 Å². The topological polar surface area (TPSA) is 59.1 Å². The number of nitrogens with zero attached hydrogens (tertiary/aromatic N) is 2. The van der Waals surface area contributed by atoms with Gasteiger partial charge in [0.2, 0.25) is 0 Å². The maximum absolute atomic E-state index is 13.5. The maximum atomic E-state index is 13.5. The SMILES string of the molecule is CC1CN(C(=O)c2ccccc2-c2ccccc2C(=O)N2CC(C)OC(C)C2)CC(C)O1. The van der Waals surface area contributed by atoms with Gasteiger partial charge in [-0.1, -0.05) is 36.4 Å². The molecule has 0 bridgehead atoms. The summed E-state index contributed by atoms with van der Waals surface area (Å²) in [5.41, 5.74) is 2.78. The van der Waals surface area contributed by atoms with Crippen LogP contribution in [-0.4, -0.2) is 72.2 Å². The monoisotopic (exact) mass is 436 g/mol. The van der Waals surface area contributed by atoms with E-state index in [4.69, 9.17) is 9.47 Å². The quantitative estimate of drug-likeness (QED) is 0.733. The Hall–Kier alpha value is -2.70. The van der Waals surface area contributed by atoms with Crippen LogP contribution < -0.4 is 0 Å². The first kappa shape index (κ1) is 22.5. The fourth-order valence-electron chi connectivity index (χ4n) is 4.84. The van der Waals surface area contributed by atoms with E-state index in [1.807, 2.05) is 86.0 Å². The molecule has 0 saturated carbocycles. The molecule has 0 aromatic heterocycles. The van der Waals surface area contributed by atoms with Crippen LogP contribution >= 0.6 is 0 Å². The van der Waals surface area contributed by atoms with E-state index in [0.717, 1.165) is 11.1 Å². The summed E-state index contributed by atoms with van der Waals surface area (Å²) in [6.07, 6.45) is -0.0221. The second kappa shape index (κ2) is 9.43. The van der Waals surface area contributed by atoms with Gasteiger partial charge in [0, 0.05) is 37.3 Å². The number of hydrogen-bond donors (Lipinski definition) is 0. The van der Waals surface area contributed by atoms with Gasteiger partial charge in [-0.05, 0) is 51.0 Å². The summed E-state index contributed by atoms with van der Waals surface area (Å²) in [6, 6.07) is 15.1. The average molecular weight is 437 g/mol. The molecule has 0 aliphatic carbocycles. The second-order valence-electron chi connectivity index (χ2n) is 9.03. The molecule has 170 valence electrons. The molecule has 4 atom stereocenters. The van der Waals surface area contributed by atoms with Gasteiger partial charge in [0.15, 0.2) is 0 Å². The van der Waals surface area contributed by atoms with Crippen LogP contribution in [0.15, 0.2) is 48.5 Å². The smallest absolute Gasteiger partial charge is 0.254 e. The zero-order valence-corrected chi connectivity index (χ0v) is 19.3. The first-order valence-electron chi connectivity index (χ1n) is 11.4. The molecule has 6 nitrogen and oxygen atoms in total. The number of ether oxygens (including phenoxy) is 2. The van der Waals surface area contributed by atoms with Gasteiger partial charge in [-0.3, -0.25) is 9.59 Å². The molecule has 2 aliphatic heterocycles. The molecular formula is C26H32N2O4. The lowest BCUT2D eigenvalue weighted by atomic mass is 9.93. The molecule has 0 spiro atoms. The Balaban J connectivity index is 1.69. The summed E-state index contributed by atoms with van der Waals surface area (Å²) >= 11 is 0. The molecule has 0 radical (unpaired) electrons. The van der Waals surface area contributed by atoms with E-state index < -0.39 is 0 Å². The van der Waals surface area contributed by atoms with E-state index in [-0.39, 0.29) is 36.2 Å². The van der Waals surface area contributed by atoms with Gasteiger partial charge in [0.05, 0.1) is 24.4 Å². The van der Waals surface area contributed by atoms with Crippen LogP contribution in [0.3, 0.4) is 0 Å². The van der Waals surface area contributed by atoms with Gasteiger partial charge in [-0.2, -0.15) is 0 Å². The Kier molecular flexibility index (Phi) is 6.63. The summed E-state index contributed by atoms with van der Waals surface area (Å²) in [4.78, 5) is 30.7. The third kappa shape index (κ3) is 4.71. The molecular weight excluding hydrogens is 404 g/mol. The van der Waals surface area contributed by atoms with Gasteiger partial charge < -0.3 is 19.3 Å². The van der Waals surface area contributed by atoms with Crippen LogP contribution in [0, 0.1) is 0 Å². The highest BCUT2D eigenvalue weighted by atomic mass is 16.5. The maximum Gasteiger partial charge on any atom is 0.254 e. The van der Waals surface area contributed by atoms with Crippen molar-refractivity contribution < 1.29 is 19.1 Å². The first-order chi connectivity index (χ1) is 15.3. The van der Waals surface area contributed by atoms with Crippen molar-refractivity contribution in [1.82, 2.24) is 9.80 Å². The van der Waals surface area contributed by atoms with Crippen molar-refractivity contribution in [2.24, 2.45) is 0 Å². The molecule has 32 heavy (non-hydrogen) atoms. The fourth-order valence-corrected chi connectivity index (χ4v) is 4.84. The number of benzene rings is 2. The van der Waals surface area contributed by atoms with Gasteiger partial charge in [-0.25, -0.2) is 0 Å². The normalized spacial score (nSPS) is 26.1. The lowest BCUT2D eigenvalue weighted by molar-refractivity contribution is -0.0586. The van der Waals surface area contributed by atoms with Gasteiger partial charge in [-0.15, -0.1) is 0 Å². The molecule has 2 heterocycles. The summed E-state index contributed by atoms with van der Waals surface area (Å²) in [7, 11) is 0. The zero-order valence-electron chi connectivity index (χ0n) is 19.3. The molecule has 0 N–H and O–H groups in total. The Morgan fingerprint density at radius 3 is 1.28 bits per heavy atom. The van der Waals surface area contributed by atoms with Crippen molar-refractivity contribution in [2.75, 3.05) is 26.2 Å². The largest absolute Gasteiger partial charge is 0.372 e. The Labute approximate surface area is 190 Å². The minimum absolute atomic E-state index is 0.00553. The lowest BCUT2D eigenvalue weighted by Gasteiger charge is -2.36. The highest BCUT2D eigenvalue weighted by molar-refractivity contribution is 6.06. The third-order valence-electron chi connectivity index (χ3n) is 6.02. The Morgan fingerprint density at radius 2 is 0.938 bits per heavy atom. The van der Waals surface area contributed by atoms with Crippen LogP contribution in [0.1, 0.15) is 48.4 Å². The van der Waals surface area contributed by atoms with Crippen LogP contribution in [0.5, 0.6) is 0 Å². The lowest BCUT2D eigenvalue weighted by Crippen LogP contribution is -2.48. The predicted molar refractivity (Wildman–Crippen MR) is 124 cm³/mol. The molecule has 2 saturated heterocycles. The Bertz CT molecular complexity index is 892. The van der Waals surface area contributed by atoms with E-state index in [2.05, 4.69) is 0 Å². The van der Waals surface area contributed by atoms with E-state index in [1.165, 1.54) is 0 Å². The molecule has 6 heteroatoms. The third-order valence-corrected chi connectivity index (χ3v) is 6.02. The minimum atomic E-state index is -0.0292. The molecule has 4 unspecified atom stereocenters. The average Bonchev–Trinajstić information content (AvgIpc) is 2.77. The van der Waals surface area contributed by atoms with E-state index in [1.54, 1.807) is 0 Å².